The summed E-state index contributed by atoms with van der Waals surface area (Å²) in [6.07, 6.45) is -0.369. The van der Waals surface area contributed by atoms with Crippen LogP contribution in [0.4, 0.5) is 0 Å². The van der Waals surface area contributed by atoms with Crippen LogP contribution in [0.1, 0.15) is 0 Å². The molecule has 0 saturated heterocycles. The molecule has 0 radical (unpaired) electrons. The highest BCUT2D eigenvalue weighted by atomic mass is 31.2. The summed E-state index contributed by atoms with van der Waals surface area (Å²) >= 11 is 0. The largest absolute Gasteiger partial charge is 0.438 e. The van der Waals surface area contributed by atoms with E-state index < -0.39 is 15.0 Å². The van der Waals surface area contributed by atoms with Crippen molar-refractivity contribution in [2.75, 3.05) is 6.35 Å². The number of fused-ring (bicyclic) bond motifs is 6. The molecule has 7 heteroatoms. The lowest BCUT2D eigenvalue weighted by Gasteiger charge is -2.31. The van der Waals surface area contributed by atoms with Crippen molar-refractivity contribution in [3.63, 3.8) is 0 Å². The van der Waals surface area contributed by atoms with Crippen molar-refractivity contribution in [1.82, 2.24) is 0 Å². The fourth-order valence-corrected chi connectivity index (χ4v) is 8.53. The van der Waals surface area contributed by atoms with Gasteiger partial charge >= 0.3 is 15.0 Å². The van der Waals surface area contributed by atoms with E-state index in [0.29, 0.717) is 22.1 Å². The van der Waals surface area contributed by atoms with Crippen molar-refractivity contribution in [1.29, 1.82) is 0 Å². The molecular formula is C25H18O5P2. The normalized spacial score (nSPS) is 22.4. The molecule has 2 heterocycles. The molecule has 0 spiro atoms. The molecule has 0 N–H and O–H groups in total. The quantitative estimate of drug-likeness (QED) is 0.341. The Hall–Kier alpha value is -3.10. The van der Waals surface area contributed by atoms with Crippen LogP contribution < -0.4 is 19.7 Å². The molecule has 0 aromatic heterocycles. The Labute approximate surface area is 185 Å². The topological polar surface area (TPSA) is 61.8 Å². The predicted octanol–water partition coefficient (Wildman–Crippen LogP) is 6.20. The molecule has 158 valence electrons. The van der Waals surface area contributed by atoms with E-state index in [1.807, 2.05) is 66.7 Å². The van der Waals surface area contributed by atoms with Gasteiger partial charge in [0.15, 0.2) is 0 Å². The summed E-state index contributed by atoms with van der Waals surface area (Å²) < 4.78 is 45.8. The Morgan fingerprint density at radius 3 is 1.69 bits per heavy atom. The van der Waals surface area contributed by atoms with Crippen LogP contribution in [0.3, 0.4) is 0 Å². The van der Waals surface area contributed by atoms with Gasteiger partial charge in [0.25, 0.3) is 0 Å². The zero-order valence-corrected chi connectivity index (χ0v) is 18.7. The van der Waals surface area contributed by atoms with E-state index in [-0.39, 0.29) is 6.35 Å². The van der Waals surface area contributed by atoms with Gasteiger partial charge in [-0.15, -0.1) is 0 Å². The van der Waals surface area contributed by atoms with E-state index in [0.717, 1.165) is 22.3 Å². The summed E-state index contributed by atoms with van der Waals surface area (Å²) in [5, 5.41) is 1.01. The first-order chi connectivity index (χ1) is 15.6. The molecule has 6 rings (SSSR count). The summed E-state index contributed by atoms with van der Waals surface area (Å²) in [6, 6.07) is 29.5. The summed E-state index contributed by atoms with van der Waals surface area (Å²) in [7, 11) is -7.31. The monoisotopic (exact) mass is 460 g/mol. The first kappa shape index (κ1) is 19.6. The molecule has 2 unspecified atom stereocenters. The number of rotatable bonds is 3. The standard InChI is InChI=1S/C25H18O5P2/c26-31(24-15-7-3-11-20(24)18-9-1-5-13-22(18)29-31)17-28-32(27)25-16-8-4-12-21(25)19-10-2-6-14-23(19)30-32/h1-16H,17H2. The van der Waals surface area contributed by atoms with Gasteiger partial charge in [0, 0.05) is 16.7 Å². The molecule has 4 aromatic carbocycles. The minimum Gasteiger partial charge on any atom is -0.438 e. The molecule has 2 aliphatic heterocycles. The predicted molar refractivity (Wildman–Crippen MR) is 125 cm³/mol. The Morgan fingerprint density at radius 2 is 1.03 bits per heavy atom. The molecule has 2 aliphatic rings. The fourth-order valence-electron chi connectivity index (χ4n) is 4.21. The lowest BCUT2D eigenvalue weighted by atomic mass is 10.0. The fraction of sp³-hybridized carbons (Fsp3) is 0.0400. The minimum absolute atomic E-state index is 0.369. The minimum atomic E-state index is -3.79. The zero-order chi connectivity index (χ0) is 21.8. The molecule has 32 heavy (non-hydrogen) atoms. The third-order valence-corrected chi connectivity index (χ3v) is 9.86. The maximum absolute atomic E-state index is 14.0. The van der Waals surface area contributed by atoms with E-state index in [1.165, 1.54) is 0 Å². The molecule has 0 aliphatic carbocycles. The van der Waals surface area contributed by atoms with Crippen molar-refractivity contribution in [2.24, 2.45) is 0 Å². The molecule has 4 aromatic rings. The third kappa shape index (κ3) is 2.97. The molecule has 0 amide bonds. The van der Waals surface area contributed by atoms with Gasteiger partial charge in [0.2, 0.25) is 0 Å². The third-order valence-electron chi connectivity index (χ3n) is 5.69. The highest BCUT2D eigenvalue weighted by molar-refractivity contribution is 7.69. The van der Waals surface area contributed by atoms with Crippen LogP contribution >= 0.6 is 15.0 Å². The lowest BCUT2D eigenvalue weighted by molar-refractivity contribution is 0.304. The Morgan fingerprint density at radius 1 is 0.562 bits per heavy atom. The van der Waals surface area contributed by atoms with Gasteiger partial charge < -0.3 is 9.05 Å². The zero-order valence-electron chi connectivity index (χ0n) is 16.9. The molecule has 0 bridgehead atoms. The van der Waals surface area contributed by atoms with Crippen molar-refractivity contribution >= 4 is 25.6 Å². The van der Waals surface area contributed by atoms with Crippen LogP contribution in [0.2, 0.25) is 0 Å². The number of para-hydroxylation sites is 2. The van der Waals surface area contributed by atoms with Crippen LogP contribution in [0.15, 0.2) is 97.1 Å². The second-order valence-corrected chi connectivity index (χ2v) is 11.8. The number of hydrogen-bond donors (Lipinski definition) is 0. The van der Waals surface area contributed by atoms with E-state index in [4.69, 9.17) is 13.6 Å². The van der Waals surface area contributed by atoms with E-state index in [9.17, 15) is 9.13 Å². The van der Waals surface area contributed by atoms with Crippen molar-refractivity contribution in [3.8, 4) is 33.8 Å². The van der Waals surface area contributed by atoms with Crippen molar-refractivity contribution in [3.05, 3.63) is 97.1 Å². The summed E-state index contributed by atoms with van der Waals surface area (Å²) in [4.78, 5) is 0. The molecule has 0 saturated carbocycles. The number of benzene rings is 4. The molecular weight excluding hydrogens is 442 g/mol. The molecule has 0 fully saturated rings. The van der Waals surface area contributed by atoms with Crippen molar-refractivity contribution in [2.45, 2.75) is 0 Å². The highest BCUT2D eigenvalue weighted by Gasteiger charge is 2.43. The SMILES string of the molecule is O=P1(COP2(=O)Oc3ccccc3-c3ccccc32)Oc2ccccc2-c2ccccc21. The number of hydrogen-bond acceptors (Lipinski definition) is 5. The van der Waals surface area contributed by atoms with E-state index >= 15 is 0 Å². The molecule has 5 nitrogen and oxygen atoms in total. The van der Waals surface area contributed by atoms with Crippen LogP contribution in [0, 0.1) is 0 Å². The maximum Gasteiger partial charge on any atom is 0.411 e. The Kier molecular flexibility index (Phi) is 4.41. The second-order valence-electron chi connectivity index (χ2n) is 7.64. The summed E-state index contributed by atoms with van der Waals surface area (Å²) in [5.74, 6) is 0.995. The van der Waals surface area contributed by atoms with E-state index in [1.54, 1.807) is 30.3 Å². The van der Waals surface area contributed by atoms with Gasteiger partial charge in [0.1, 0.15) is 17.8 Å². The van der Waals surface area contributed by atoms with Crippen LogP contribution in [0.5, 0.6) is 11.5 Å². The second kappa shape index (κ2) is 7.21. The van der Waals surface area contributed by atoms with Gasteiger partial charge in [-0.2, -0.15) is 0 Å². The van der Waals surface area contributed by atoms with Gasteiger partial charge in [-0.1, -0.05) is 72.8 Å². The van der Waals surface area contributed by atoms with Crippen LogP contribution in [-0.2, 0) is 13.7 Å². The summed E-state index contributed by atoms with van der Waals surface area (Å²) in [6.45, 7) is 0. The van der Waals surface area contributed by atoms with Crippen LogP contribution in [0.25, 0.3) is 22.3 Å². The lowest BCUT2D eigenvalue weighted by Crippen LogP contribution is -2.24. The average Bonchev–Trinajstić information content (AvgIpc) is 2.84. The summed E-state index contributed by atoms with van der Waals surface area (Å²) in [5.41, 5.74) is 3.33. The Balaban J connectivity index is 1.40. The van der Waals surface area contributed by atoms with Gasteiger partial charge in [-0.05, 0) is 29.8 Å². The van der Waals surface area contributed by atoms with Gasteiger partial charge in [-0.3, -0.25) is 9.09 Å². The maximum atomic E-state index is 14.0. The average molecular weight is 460 g/mol. The highest BCUT2D eigenvalue weighted by Crippen LogP contribution is 2.60. The Bertz CT molecular complexity index is 1350. The van der Waals surface area contributed by atoms with Crippen LogP contribution in [-0.4, -0.2) is 6.35 Å². The smallest absolute Gasteiger partial charge is 0.411 e. The van der Waals surface area contributed by atoms with Gasteiger partial charge in [-0.25, -0.2) is 4.57 Å². The first-order valence-corrected chi connectivity index (χ1v) is 13.5. The van der Waals surface area contributed by atoms with Gasteiger partial charge in [0.05, 0.1) is 10.6 Å². The first-order valence-electron chi connectivity index (χ1n) is 10.2. The molecule has 2 atom stereocenters. The van der Waals surface area contributed by atoms with Crippen molar-refractivity contribution < 1.29 is 22.7 Å². The van der Waals surface area contributed by atoms with E-state index in [2.05, 4.69) is 0 Å².